The van der Waals surface area contributed by atoms with Crippen LogP contribution in [0.2, 0.25) is 5.02 Å². The van der Waals surface area contributed by atoms with Gasteiger partial charge in [-0.05, 0) is 30.3 Å². The van der Waals surface area contributed by atoms with Gasteiger partial charge in [-0.15, -0.1) is 0 Å². The maximum absolute atomic E-state index is 12.4. The number of carbonyl (C=O) groups is 2. The van der Waals surface area contributed by atoms with Crippen LogP contribution in [0.4, 0.5) is 0 Å². The molecule has 8 nitrogen and oxygen atoms in total. The summed E-state index contributed by atoms with van der Waals surface area (Å²) in [5.41, 5.74) is 4.87. The van der Waals surface area contributed by atoms with E-state index in [2.05, 4.69) is 15.8 Å². The van der Waals surface area contributed by atoms with Gasteiger partial charge in [0.2, 0.25) is 0 Å². The van der Waals surface area contributed by atoms with Crippen molar-refractivity contribution in [3.63, 3.8) is 0 Å². The Hall–Kier alpha value is -3.39. The largest absolute Gasteiger partial charge is 0.496 e. The second kappa shape index (κ2) is 7.88. The van der Waals surface area contributed by atoms with Crippen molar-refractivity contribution in [3.8, 4) is 5.75 Å². The number of carbonyl (C=O) groups excluding carboxylic acids is 2. The van der Waals surface area contributed by atoms with Gasteiger partial charge in [0.25, 0.3) is 17.4 Å². The highest BCUT2D eigenvalue weighted by Gasteiger charge is 2.14. The normalized spacial score (nSPS) is 10.4. The number of para-hydroxylation sites is 1. The van der Waals surface area contributed by atoms with Crippen molar-refractivity contribution in [1.29, 1.82) is 0 Å². The zero-order valence-corrected chi connectivity index (χ0v) is 15.0. The van der Waals surface area contributed by atoms with Crippen molar-refractivity contribution < 1.29 is 14.3 Å². The van der Waals surface area contributed by atoms with E-state index in [4.69, 9.17) is 16.3 Å². The van der Waals surface area contributed by atoms with Gasteiger partial charge in [0.15, 0.2) is 0 Å². The highest BCUT2D eigenvalue weighted by Crippen LogP contribution is 2.22. The van der Waals surface area contributed by atoms with E-state index >= 15 is 0 Å². The molecule has 9 heteroatoms. The second-order valence-corrected chi connectivity index (χ2v) is 5.98. The number of fused-ring (bicyclic) bond motifs is 1. The summed E-state index contributed by atoms with van der Waals surface area (Å²) in [6, 6.07) is 11.4. The first kappa shape index (κ1) is 18.4. The standard InChI is InChI=1S/C18H15ClN4O4/c1-27-15-7-6-11(19)8-13(15)17(25)22-21-16(24)9-23-10-20-14-5-3-2-4-12(14)18(23)26/h2-8,10H,9H2,1H3,(H,21,24)(H,22,25). The van der Waals surface area contributed by atoms with Gasteiger partial charge in [-0.1, -0.05) is 23.7 Å². The molecule has 27 heavy (non-hydrogen) atoms. The summed E-state index contributed by atoms with van der Waals surface area (Å²) in [5, 5.41) is 0.751. The Morgan fingerprint density at radius 2 is 1.96 bits per heavy atom. The minimum Gasteiger partial charge on any atom is -0.496 e. The van der Waals surface area contributed by atoms with Crippen molar-refractivity contribution in [2.75, 3.05) is 7.11 Å². The van der Waals surface area contributed by atoms with Crippen LogP contribution in [0, 0.1) is 0 Å². The van der Waals surface area contributed by atoms with Gasteiger partial charge in [0.05, 0.1) is 29.9 Å². The number of hydrogen-bond donors (Lipinski definition) is 2. The maximum Gasteiger partial charge on any atom is 0.273 e. The number of rotatable bonds is 4. The molecule has 1 heterocycles. The third-order valence-electron chi connectivity index (χ3n) is 3.77. The number of amides is 2. The highest BCUT2D eigenvalue weighted by atomic mass is 35.5. The van der Waals surface area contributed by atoms with Crippen LogP contribution in [0.3, 0.4) is 0 Å². The molecule has 0 radical (unpaired) electrons. The zero-order chi connectivity index (χ0) is 19.4. The minimum atomic E-state index is -0.605. The lowest BCUT2D eigenvalue weighted by molar-refractivity contribution is -0.122. The molecule has 3 rings (SSSR count). The molecule has 2 N–H and O–H groups in total. The maximum atomic E-state index is 12.4. The summed E-state index contributed by atoms with van der Waals surface area (Å²) in [7, 11) is 1.41. The molecule has 3 aromatic rings. The Kier molecular flexibility index (Phi) is 5.37. The number of halogens is 1. The molecule has 2 aromatic carbocycles. The topological polar surface area (TPSA) is 102 Å². The lowest BCUT2D eigenvalue weighted by atomic mass is 10.2. The SMILES string of the molecule is COc1ccc(Cl)cc1C(=O)NNC(=O)Cn1cnc2ccccc2c1=O. The first-order valence-corrected chi connectivity index (χ1v) is 8.24. The van der Waals surface area contributed by atoms with Gasteiger partial charge in [-0.25, -0.2) is 4.98 Å². The van der Waals surface area contributed by atoms with Gasteiger partial charge < -0.3 is 4.74 Å². The summed E-state index contributed by atoms with van der Waals surface area (Å²) in [5.74, 6) is -0.892. The first-order valence-electron chi connectivity index (χ1n) is 7.86. The molecule has 0 unspecified atom stereocenters. The molecule has 1 aromatic heterocycles. The summed E-state index contributed by atoms with van der Waals surface area (Å²) in [4.78, 5) is 40.8. The van der Waals surface area contributed by atoms with Crippen LogP contribution in [0.15, 0.2) is 53.6 Å². The number of aromatic nitrogens is 2. The van der Waals surface area contributed by atoms with Crippen LogP contribution < -0.4 is 21.1 Å². The van der Waals surface area contributed by atoms with E-state index in [9.17, 15) is 14.4 Å². The molecule has 0 aliphatic rings. The average Bonchev–Trinajstić information content (AvgIpc) is 2.68. The lowest BCUT2D eigenvalue weighted by Gasteiger charge is -2.11. The fourth-order valence-electron chi connectivity index (χ4n) is 2.46. The van der Waals surface area contributed by atoms with Gasteiger partial charge >= 0.3 is 0 Å². The molecule has 138 valence electrons. The molecule has 0 atom stereocenters. The third-order valence-corrected chi connectivity index (χ3v) is 4.00. The summed E-state index contributed by atoms with van der Waals surface area (Å²) in [6.45, 7) is -0.302. The van der Waals surface area contributed by atoms with E-state index in [-0.39, 0.29) is 17.7 Å². The van der Waals surface area contributed by atoms with Crippen molar-refractivity contribution in [1.82, 2.24) is 20.4 Å². The van der Waals surface area contributed by atoms with E-state index in [1.54, 1.807) is 36.4 Å². The van der Waals surface area contributed by atoms with Crippen molar-refractivity contribution >= 4 is 34.3 Å². The smallest absolute Gasteiger partial charge is 0.273 e. The molecule has 0 bridgehead atoms. The van der Waals surface area contributed by atoms with Crippen molar-refractivity contribution in [3.05, 3.63) is 69.7 Å². The minimum absolute atomic E-state index is 0.162. The molecule has 0 aliphatic carbocycles. The molecule has 0 spiro atoms. The Balaban J connectivity index is 1.68. The Bertz CT molecular complexity index is 1080. The number of benzene rings is 2. The van der Waals surface area contributed by atoms with Crippen LogP contribution in [0.25, 0.3) is 10.9 Å². The summed E-state index contributed by atoms with van der Waals surface area (Å²) < 4.78 is 6.25. The summed E-state index contributed by atoms with van der Waals surface area (Å²) >= 11 is 5.89. The van der Waals surface area contributed by atoms with Crippen LogP contribution in [0.1, 0.15) is 10.4 Å². The Morgan fingerprint density at radius 3 is 2.74 bits per heavy atom. The van der Waals surface area contributed by atoms with Crippen LogP contribution in [-0.2, 0) is 11.3 Å². The molecule has 0 saturated carbocycles. The second-order valence-electron chi connectivity index (χ2n) is 5.54. The predicted octanol–water partition coefficient (Wildman–Crippen LogP) is 1.52. The Morgan fingerprint density at radius 1 is 1.19 bits per heavy atom. The van der Waals surface area contributed by atoms with E-state index < -0.39 is 11.8 Å². The molecule has 0 fully saturated rings. The molecular formula is C18H15ClN4O4. The Labute approximate surface area is 158 Å². The summed E-state index contributed by atoms with van der Waals surface area (Å²) in [6.07, 6.45) is 1.28. The highest BCUT2D eigenvalue weighted by molar-refractivity contribution is 6.31. The van der Waals surface area contributed by atoms with Gasteiger partial charge in [0, 0.05) is 5.02 Å². The van der Waals surface area contributed by atoms with Gasteiger partial charge in [-0.3, -0.25) is 29.8 Å². The third kappa shape index (κ3) is 4.06. The molecule has 0 saturated heterocycles. The fourth-order valence-corrected chi connectivity index (χ4v) is 2.64. The van der Waals surface area contributed by atoms with E-state index in [0.717, 1.165) is 4.57 Å². The van der Waals surface area contributed by atoms with Gasteiger partial charge in [0.1, 0.15) is 12.3 Å². The fraction of sp³-hybridized carbons (Fsp3) is 0.111. The van der Waals surface area contributed by atoms with E-state index in [1.807, 2.05) is 0 Å². The monoisotopic (exact) mass is 386 g/mol. The predicted molar refractivity (Wildman–Crippen MR) is 99.6 cm³/mol. The van der Waals surface area contributed by atoms with Crippen LogP contribution >= 0.6 is 11.6 Å². The number of methoxy groups -OCH3 is 1. The van der Waals surface area contributed by atoms with E-state index in [1.165, 1.54) is 19.5 Å². The van der Waals surface area contributed by atoms with Crippen LogP contribution in [-0.4, -0.2) is 28.5 Å². The molecule has 2 amide bonds. The molecular weight excluding hydrogens is 372 g/mol. The lowest BCUT2D eigenvalue weighted by Crippen LogP contribution is -2.44. The number of hydrazine groups is 1. The van der Waals surface area contributed by atoms with E-state index in [0.29, 0.717) is 21.7 Å². The number of hydrogen-bond acceptors (Lipinski definition) is 5. The number of nitrogens with zero attached hydrogens (tertiary/aromatic N) is 2. The van der Waals surface area contributed by atoms with Crippen molar-refractivity contribution in [2.45, 2.75) is 6.54 Å². The average molecular weight is 387 g/mol. The quantitative estimate of drug-likeness (QED) is 0.662. The number of ether oxygens (including phenoxy) is 1. The number of nitrogens with one attached hydrogen (secondary N) is 2. The van der Waals surface area contributed by atoms with Crippen LogP contribution in [0.5, 0.6) is 5.75 Å². The van der Waals surface area contributed by atoms with Gasteiger partial charge in [-0.2, -0.15) is 0 Å². The molecule has 0 aliphatic heterocycles. The first-order chi connectivity index (χ1) is 13.0. The van der Waals surface area contributed by atoms with Crippen molar-refractivity contribution in [2.24, 2.45) is 0 Å². The zero-order valence-electron chi connectivity index (χ0n) is 14.2.